The Hall–Kier alpha value is -2.96. The highest BCUT2D eigenvalue weighted by Crippen LogP contribution is 2.27. The number of hydrogen-bond donors (Lipinski definition) is 0. The second kappa shape index (κ2) is 7.58. The lowest BCUT2D eigenvalue weighted by Gasteiger charge is -2.32. The fraction of sp³-hybridized carbons (Fsp3) is 0.429. The average molecular weight is 378 g/mol. The zero-order chi connectivity index (χ0) is 19.7. The number of aromatic nitrogens is 5. The molecule has 0 radical (unpaired) electrons. The quantitative estimate of drug-likeness (QED) is 0.699. The molecular formula is C21H26N6O. The average Bonchev–Trinajstić information content (AvgIpc) is 3.37. The van der Waals surface area contributed by atoms with E-state index in [0.717, 1.165) is 36.7 Å². The molecule has 1 amide bonds. The molecule has 1 atom stereocenters. The van der Waals surface area contributed by atoms with Gasteiger partial charge < -0.3 is 4.90 Å². The van der Waals surface area contributed by atoms with Gasteiger partial charge in [-0.2, -0.15) is 5.10 Å². The van der Waals surface area contributed by atoms with Crippen LogP contribution in [0.4, 0.5) is 0 Å². The fourth-order valence-corrected chi connectivity index (χ4v) is 3.85. The molecule has 0 unspecified atom stereocenters. The maximum absolute atomic E-state index is 12.8. The molecule has 1 aliphatic heterocycles. The molecular weight excluding hydrogens is 352 g/mol. The first kappa shape index (κ1) is 18.4. The van der Waals surface area contributed by atoms with Crippen LogP contribution >= 0.6 is 0 Å². The molecule has 3 aromatic heterocycles. The van der Waals surface area contributed by atoms with Gasteiger partial charge in [-0.25, -0.2) is 9.97 Å². The number of hydrogen-bond acceptors (Lipinski definition) is 4. The lowest BCUT2D eigenvalue weighted by Crippen LogP contribution is -2.39. The molecule has 0 bridgehead atoms. The summed E-state index contributed by atoms with van der Waals surface area (Å²) >= 11 is 0. The fourth-order valence-electron chi connectivity index (χ4n) is 3.85. The molecule has 3 aromatic rings. The van der Waals surface area contributed by atoms with Crippen molar-refractivity contribution in [3.63, 3.8) is 0 Å². The molecule has 0 aliphatic carbocycles. The van der Waals surface area contributed by atoms with Crippen molar-refractivity contribution in [1.82, 2.24) is 29.2 Å². The van der Waals surface area contributed by atoms with Gasteiger partial charge in [0.2, 0.25) is 0 Å². The van der Waals surface area contributed by atoms with Gasteiger partial charge in [0.15, 0.2) is 0 Å². The van der Waals surface area contributed by atoms with Gasteiger partial charge in [0.25, 0.3) is 5.91 Å². The first-order valence-corrected chi connectivity index (χ1v) is 9.81. The monoisotopic (exact) mass is 378 g/mol. The SMILES string of the molecule is CC(C)c1nccn1-c1cccc([C@@H]2CCCN(C(=O)c3cnn(C)c3)C2)n1. The Labute approximate surface area is 165 Å². The Morgan fingerprint density at radius 1 is 1.29 bits per heavy atom. The van der Waals surface area contributed by atoms with Gasteiger partial charge in [0.05, 0.1) is 11.8 Å². The number of aryl methyl sites for hydroxylation is 1. The van der Waals surface area contributed by atoms with Crippen molar-refractivity contribution < 1.29 is 4.79 Å². The van der Waals surface area contributed by atoms with Crippen LogP contribution in [0.2, 0.25) is 0 Å². The molecule has 0 saturated carbocycles. The van der Waals surface area contributed by atoms with Gasteiger partial charge in [-0.15, -0.1) is 0 Å². The van der Waals surface area contributed by atoms with Gasteiger partial charge >= 0.3 is 0 Å². The summed E-state index contributed by atoms with van der Waals surface area (Å²) in [4.78, 5) is 24.1. The van der Waals surface area contributed by atoms with Crippen LogP contribution in [-0.2, 0) is 7.05 Å². The third-order valence-corrected chi connectivity index (χ3v) is 5.27. The van der Waals surface area contributed by atoms with E-state index in [9.17, 15) is 4.79 Å². The number of likely N-dealkylation sites (tertiary alicyclic amines) is 1. The Bertz CT molecular complexity index is 973. The van der Waals surface area contributed by atoms with Gasteiger partial charge in [0.1, 0.15) is 11.6 Å². The van der Waals surface area contributed by atoms with Crippen LogP contribution in [-0.4, -0.2) is 48.2 Å². The number of carbonyl (C=O) groups is 1. The molecule has 4 rings (SSSR count). The Morgan fingerprint density at radius 3 is 2.89 bits per heavy atom. The van der Waals surface area contributed by atoms with Crippen molar-refractivity contribution in [1.29, 1.82) is 0 Å². The summed E-state index contributed by atoms with van der Waals surface area (Å²) in [6.45, 7) is 5.73. The van der Waals surface area contributed by atoms with E-state index in [0.29, 0.717) is 18.0 Å². The third kappa shape index (κ3) is 3.56. The van der Waals surface area contributed by atoms with Crippen molar-refractivity contribution in [3.8, 4) is 5.82 Å². The van der Waals surface area contributed by atoms with Crippen molar-refractivity contribution in [2.75, 3.05) is 13.1 Å². The van der Waals surface area contributed by atoms with Crippen LogP contribution in [0.3, 0.4) is 0 Å². The molecule has 146 valence electrons. The number of piperidine rings is 1. The van der Waals surface area contributed by atoms with Crippen molar-refractivity contribution in [2.24, 2.45) is 7.05 Å². The minimum atomic E-state index is 0.0469. The van der Waals surface area contributed by atoms with Gasteiger partial charge in [-0.3, -0.25) is 14.0 Å². The standard InChI is InChI=1S/C21H26N6O/c1-15(2)20-22-9-11-27(20)19-8-4-7-18(24-19)16-6-5-10-26(14-16)21(28)17-12-23-25(3)13-17/h4,7-9,11-13,15-16H,5-6,10,14H2,1-3H3/t16-/m1/s1. The van der Waals surface area contributed by atoms with E-state index in [-0.39, 0.29) is 11.8 Å². The minimum Gasteiger partial charge on any atom is -0.338 e. The van der Waals surface area contributed by atoms with E-state index in [1.807, 2.05) is 36.5 Å². The molecule has 4 heterocycles. The zero-order valence-electron chi connectivity index (χ0n) is 16.6. The van der Waals surface area contributed by atoms with E-state index in [1.54, 1.807) is 17.1 Å². The normalized spacial score (nSPS) is 17.3. The van der Waals surface area contributed by atoms with E-state index >= 15 is 0 Å². The third-order valence-electron chi connectivity index (χ3n) is 5.27. The van der Waals surface area contributed by atoms with E-state index in [2.05, 4.69) is 34.6 Å². The smallest absolute Gasteiger partial charge is 0.257 e. The molecule has 7 heteroatoms. The highest BCUT2D eigenvalue weighted by atomic mass is 16.2. The molecule has 0 aromatic carbocycles. The lowest BCUT2D eigenvalue weighted by atomic mass is 9.94. The van der Waals surface area contributed by atoms with E-state index in [4.69, 9.17) is 4.98 Å². The van der Waals surface area contributed by atoms with Gasteiger partial charge in [-0.05, 0) is 25.0 Å². The van der Waals surface area contributed by atoms with Gasteiger partial charge in [0, 0.05) is 56.3 Å². The molecule has 1 saturated heterocycles. The molecule has 0 N–H and O–H groups in total. The van der Waals surface area contributed by atoms with Crippen LogP contribution < -0.4 is 0 Å². The van der Waals surface area contributed by atoms with Crippen LogP contribution in [0.25, 0.3) is 5.82 Å². The Kier molecular flexibility index (Phi) is 4.98. The number of amides is 1. The second-order valence-corrected chi connectivity index (χ2v) is 7.72. The zero-order valence-corrected chi connectivity index (χ0v) is 16.6. The van der Waals surface area contributed by atoms with Crippen LogP contribution in [0.1, 0.15) is 60.4 Å². The maximum Gasteiger partial charge on any atom is 0.257 e. The summed E-state index contributed by atoms with van der Waals surface area (Å²) in [5.41, 5.74) is 1.68. The number of nitrogens with zero attached hydrogens (tertiary/aromatic N) is 6. The van der Waals surface area contributed by atoms with Gasteiger partial charge in [-0.1, -0.05) is 19.9 Å². The summed E-state index contributed by atoms with van der Waals surface area (Å²) in [7, 11) is 1.83. The molecule has 1 aliphatic rings. The number of rotatable bonds is 4. The highest BCUT2D eigenvalue weighted by Gasteiger charge is 2.27. The second-order valence-electron chi connectivity index (χ2n) is 7.72. The predicted octanol–water partition coefficient (Wildman–Crippen LogP) is 3.14. The Balaban J connectivity index is 1.56. The number of carbonyl (C=O) groups excluding carboxylic acids is 1. The van der Waals surface area contributed by atoms with E-state index < -0.39 is 0 Å². The maximum atomic E-state index is 12.8. The Morgan fingerprint density at radius 2 is 2.14 bits per heavy atom. The minimum absolute atomic E-state index is 0.0469. The first-order valence-electron chi connectivity index (χ1n) is 9.81. The molecule has 7 nitrogen and oxygen atoms in total. The topological polar surface area (TPSA) is 68.8 Å². The summed E-state index contributed by atoms with van der Waals surface area (Å²) < 4.78 is 3.71. The molecule has 0 spiro atoms. The predicted molar refractivity (Wildman–Crippen MR) is 107 cm³/mol. The summed E-state index contributed by atoms with van der Waals surface area (Å²) in [5, 5.41) is 4.12. The van der Waals surface area contributed by atoms with Crippen LogP contribution in [0.15, 0.2) is 43.0 Å². The van der Waals surface area contributed by atoms with Crippen molar-refractivity contribution >= 4 is 5.91 Å². The largest absolute Gasteiger partial charge is 0.338 e. The number of pyridine rings is 1. The number of imidazole rings is 1. The van der Waals surface area contributed by atoms with Crippen molar-refractivity contribution in [3.05, 3.63) is 60.1 Å². The van der Waals surface area contributed by atoms with Crippen LogP contribution in [0.5, 0.6) is 0 Å². The summed E-state index contributed by atoms with van der Waals surface area (Å²) in [6, 6.07) is 6.13. The summed E-state index contributed by atoms with van der Waals surface area (Å²) in [5.74, 6) is 2.49. The highest BCUT2D eigenvalue weighted by molar-refractivity contribution is 5.93. The molecule has 1 fully saturated rings. The molecule has 28 heavy (non-hydrogen) atoms. The van der Waals surface area contributed by atoms with Crippen LogP contribution in [0, 0.1) is 0 Å². The first-order chi connectivity index (χ1) is 13.5. The van der Waals surface area contributed by atoms with Crippen molar-refractivity contribution in [2.45, 2.75) is 38.5 Å². The lowest BCUT2D eigenvalue weighted by molar-refractivity contribution is 0.0706. The summed E-state index contributed by atoms with van der Waals surface area (Å²) in [6.07, 6.45) is 9.20. The van der Waals surface area contributed by atoms with E-state index in [1.165, 1.54) is 0 Å².